The molecule has 0 aliphatic carbocycles. The fourth-order valence-corrected chi connectivity index (χ4v) is 5.49. The number of carbonyl (C=O) groups is 1. The van der Waals surface area contributed by atoms with Crippen LogP contribution >= 0.6 is 0 Å². The van der Waals surface area contributed by atoms with Gasteiger partial charge in [0.05, 0.1) is 7.11 Å². The summed E-state index contributed by atoms with van der Waals surface area (Å²) in [5, 5.41) is 0. The highest BCUT2D eigenvalue weighted by molar-refractivity contribution is 7.89. The first kappa shape index (κ1) is 19.2. The van der Waals surface area contributed by atoms with Gasteiger partial charge in [0.1, 0.15) is 10.6 Å². The summed E-state index contributed by atoms with van der Waals surface area (Å²) in [5.74, 6) is 0.521. The van der Waals surface area contributed by atoms with Crippen LogP contribution in [0.4, 0.5) is 0 Å². The number of methoxy groups -OCH3 is 1. The molecule has 2 saturated heterocycles. The van der Waals surface area contributed by atoms with Crippen LogP contribution in [0, 0.1) is 19.8 Å². The first-order valence-electron chi connectivity index (χ1n) is 9.28. The van der Waals surface area contributed by atoms with Crippen molar-refractivity contribution >= 4 is 15.9 Å². The molecular formula is C19H28N2O4S. The summed E-state index contributed by atoms with van der Waals surface area (Å²) in [6.07, 6.45) is 3.32. The van der Waals surface area contributed by atoms with Gasteiger partial charge in [-0.1, -0.05) is 0 Å². The molecule has 144 valence electrons. The third kappa shape index (κ3) is 3.60. The molecule has 0 atom stereocenters. The minimum absolute atomic E-state index is 0.0544. The summed E-state index contributed by atoms with van der Waals surface area (Å²) < 4.78 is 33.0. The van der Waals surface area contributed by atoms with Crippen LogP contribution in [0.3, 0.4) is 0 Å². The minimum atomic E-state index is -3.63. The van der Waals surface area contributed by atoms with Gasteiger partial charge in [-0.3, -0.25) is 4.79 Å². The van der Waals surface area contributed by atoms with Crippen LogP contribution in [0.15, 0.2) is 17.0 Å². The monoisotopic (exact) mass is 380 g/mol. The van der Waals surface area contributed by atoms with E-state index < -0.39 is 10.0 Å². The number of rotatable bonds is 4. The molecule has 0 bridgehead atoms. The van der Waals surface area contributed by atoms with Gasteiger partial charge in [-0.05, 0) is 62.8 Å². The second-order valence-electron chi connectivity index (χ2n) is 7.30. The largest absolute Gasteiger partial charge is 0.495 e. The Kier molecular flexibility index (Phi) is 5.58. The number of sulfonamides is 1. The van der Waals surface area contributed by atoms with Gasteiger partial charge in [-0.15, -0.1) is 0 Å². The summed E-state index contributed by atoms with van der Waals surface area (Å²) in [4.78, 5) is 14.7. The van der Waals surface area contributed by atoms with Crippen molar-refractivity contribution in [2.24, 2.45) is 5.92 Å². The van der Waals surface area contributed by atoms with Crippen LogP contribution in [-0.4, -0.2) is 56.8 Å². The number of ether oxygens (including phenoxy) is 1. The zero-order valence-electron chi connectivity index (χ0n) is 15.8. The van der Waals surface area contributed by atoms with E-state index in [0.29, 0.717) is 31.7 Å². The zero-order valence-corrected chi connectivity index (χ0v) is 16.6. The molecule has 0 unspecified atom stereocenters. The number of piperidine rings is 1. The van der Waals surface area contributed by atoms with Gasteiger partial charge in [-0.2, -0.15) is 4.31 Å². The summed E-state index contributed by atoms with van der Waals surface area (Å²) >= 11 is 0. The summed E-state index contributed by atoms with van der Waals surface area (Å²) in [7, 11) is -2.14. The van der Waals surface area contributed by atoms with E-state index in [2.05, 4.69) is 0 Å². The fraction of sp³-hybridized carbons (Fsp3) is 0.632. The normalized spacial score (nSPS) is 19.7. The topological polar surface area (TPSA) is 66.9 Å². The van der Waals surface area contributed by atoms with Gasteiger partial charge in [-0.25, -0.2) is 8.42 Å². The van der Waals surface area contributed by atoms with E-state index in [0.717, 1.165) is 37.1 Å². The molecule has 2 fully saturated rings. The molecule has 1 aromatic carbocycles. The molecule has 0 saturated carbocycles. The molecule has 0 spiro atoms. The highest BCUT2D eigenvalue weighted by Gasteiger charge is 2.35. The third-order valence-corrected chi connectivity index (χ3v) is 7.54. The molecule has 3 rings (SSSR count). The van der Waals surface area contributed by atoms with E-state index >= 15 is 0 Å². The molecule has 26 heavy (non-hydrogen) atoms. The van der Waals surface area contributed by atoms with Crippen LogP contribution in [0.1, 0.15) is 36.8 Å². The standard InChI is InChI=1S/C19H28N2O4S/c1-14-12-17(25-3)18(13-15(14)2)26(23,24)21-10-6-16(7-11-21)19(22)20-8-4-5-9-20/h12-13,16H,4-11H2,1-3H3. The van der Waals surface area contributed by atoms with Gasteiger partial charge in [0.25, 0.3) is 0 Å². The molecule has 7 heteroatoms. The number of hydrogen-bond donors (Lipinski definition) is 0. The first-order chi connectivity index (χ1) is 12.3. The van der Waals surface area contributed by atoms with E-state index in [-0.39, 0.29) is 16.7 Å². The van der Waals surface area contributed by atoms with E-state index in [9.17, 15) is 13.2 Å². The molecule has 2 aliphatic rings. The SMILES string of the molecule is COc1cc(C)c(C)cc1S(=O)(=O)N1CCC(C(=O)N2CCCC2)CC1. The van der Waals surface area contributed by atoms with Crippen LogP contribution < -0.4 is 4.74 Å². The number of likely N-dealkylation sites (tertiary alicyclic amines) is 1. The predicted molar refractivity (Wildman–Crippen MR) is 99.8 cm³/mol. The average Bonchev–Trinajstić information content (AvgIpc) is 3.17. The number of carbonyl (C=O) groups excluding carboxylic acids is 1. The quantitative estimate of drug-likeness (QED) is 0.804. The summed E-state index contributed by atoms with van der Waals surface area (Å²) in [6.45, 7) is 6.28. The molecule has 1 aromatic rings. The third-order valence-electron chi connectivity index (χ3n) is 5.62. The minimum Gasteiger partial charge on any atom is -0.495 e. The van der Waals surface area contributed by atoms with Crippen molar-refractivity contribution < 1.29 is 17.9 Å². The van der Waals surface area contributed by atoms with E-state index in [1.54, 1.807) is 12.1 Å². The maximum absolute atomic E-state index is 13.1. The smallest absolute Gasteiger partial charge is 0.246 e. The Labute approximate surface area is 156 Å². The Morgan fingerprint density at radius 3 is 2.19 bits per heavy atom. The highest BCUT2D eigenvalue weighted by Crippen LogP contribution is 2.32. The fourth-order valence-electron chi connectivity index (χ4n) is 3.80. The van der Waals surface area contributed by atoms with Crippen molar-refractivity contribution in [1.29, 1.82) is 0 Å². The number of benzene rings is 1. The van der Waals surface area contributed by atoms with Gasteiger partial charge >= 0.3 is 0 Å². The van der Waals surface area contributed by atoms with Crippen LogP contribution in [0.2, 0.25) is 0 Å². The number of aryl methyl sites for hydroxylation is 2. The lowest BCUT2D eigenvalue weighted by atomic mass is 9.97. The number of hydrogen-bond acceptors (Lipinski definition) is 4. The summed E-state index contributed by atoms with van der Waals surface area (Å²) in [5.41, 5.74) is 1.92. The zero-order chi connectivity index (χ0) is 18.9. The van der Waals surface area contributed by atoms with Crippen molar-refractivity contribution in [1.82, 2.24) is 9.21 Å². The maximum Gasteiger partial charge on any atom is 0.246 e. The van der Waals surface area contributed by atoms with Crippen molar-refractivity contribution in [2.45, 2.75) is 44.4 Å². The molecule has 2 aliphatic heterocycles. The van der Waals surface area contributed by atoms with E-state index in [1.807, 2.05) is 18.7 Å². The van der Waals surface area contributed by atoms with Crippen molar-refractivity contribution in [3.63, 3.8) is 0 Å². The molecular weight excluding hydrogens is 352 g/mol. The molecule has 2 heterocycles. The maximum atomic E-state index is 13.1. The van der Waals surface area contributed by atoms with E-state index in [4.69, 9.17) is 4.74 Å². The Hall–Kier alpha value is -1.60. The Balaban J connectivity index is 1.74. The van der Waals surface area contributed by atoms with Crippen molar-refractivity contribution in [3.05, 3.63) is 23.3 Å². The second-order valence-corrected chi connectivity index (χ2v) is 9.20. The van der Waals surface area contributed by atoms with Crippen LogP contribution in [-0.2, 0) is 14.8 Å². The predicted octanol–water partition coefficient (Wildman–Crippen LogP) is 2.34. The van der Waals surface area contributed by atoms with Crippen LogP contribution in [0.5, 0.6) is 5.75 Å². The van der Waals surface area contributed by atoms with Crippen LogP contribution in [0.25, 0.3) is 0 Å². The Morgan fingerprint density at radius 2 is 1.62 bits per heavy atom. The Bertz CT molecular complexity index is 777. The lowest BCUT2D eigenvalue weighted by Gasteiger charge is -2.32. The number of nitrogens with zero attached hydrogens (tertiary/aromatic N) is 2. The first-order valence-corrected chi connectivity index (χ1v) is 10.7. The average molecular weight is 381 g/mol. The second kappa shape index (κ2) is 7.56. The van der Waals surface area contributed by atoms with Gasteiger partial charge in [0.15, 0.2) is 0 Å². The van der Waals surface area contributed by atoms with Gasteiger partial charge in [0.2, 0.25) is 15.9 Å². The molecule has 0 aromatic heterocycles. The lowest BCUT2D eigenvalue weighted by molar-refractivity contribution is -0.135. The van der Waals surface area contributed by atoms with E-state index in [1.165, 1.54) is 11.4 Å². The van der Waals surface area contributed by atoms with Crippen molar-refractivity contribution in [3.8, 4) is 5.75 Å². The lowest BCUT2D eigenvalue weighted by Crippen LogP contribution is -2.43. The van der Waals surface area contributed by atoms with Gasteiger partial charge in [0, 0.05) is 32.1 Å². The number of amides is 1. The highest BCUT2D eigenvalue weighted by atomic mass is 32.2. The molecule has 6 nitrogen and oxygen atoms in total. The molecule has 0 N–H and O–H groups in total. The molecule has 0 radical (unpaired) electrons. The molecule has 1 amide bonds. The summed E-state index contributed by atoms with van der Waals surface area (Å²) in [6, 6.07) is 3.46. The Morgan fingerprint density at radius 1 is 1.04 bits per heavy atom. The van der Waals surface area contributed by atoms with Crippen molar-refractivity contribution in [2.75, 3.05) is 33.3 Å². The van der Waals surface area contributed by atoms with Gasteiger partial charge < -0.3 is 9.64 Å².